The molecule has 0 saturated heterocycles. The molecule has 0 radical (unpaired) electrons. The smallest absolute Gasteiger partial charge is 0.329 e. The number of amides is 1. The van der Waals surface area contributed by atoms with E-state index in [-0.39, 0.29) is 24.0 Å². The zero-order valence-corrected chi connectivity index (χ0v) is 15.8. The molecule has 2 atom stereocenters. The summed E-state index contributed by atoms with van der Waals surface area (Å²) in [6.45, 7) is 5.17. The Kier molecular flexibility index (Phi) is 7.29. The van der Waals surface area contributed by atoms with E-state index in [4.69, 9.17) is 4.74 Å². The highest BCUT2D eigenvalue weighted by atomic mass is 16.5. The largest absolute Gasteiger partial charge is 0.453 e. The van der Waals surface area contributed by atoms with Gasteiger partial charge in [0, 0.05) is 5.56 Å². The number of hydrogen-bond acceptors (Lipinski definition) is 4. The van der Waals surface area contributed by atoms with Crippen molar-refractivity contribution in [1.29, 1.82) is 0 Å². The van der Waals surface area contributed by atoms with Crippen LogP contribution in [0.15, 0.2) is 60.7 Å². The maximum atomic E-state index is 12.5. The van der Waals surface area contributed by atoms with Crippen LogP contribution in [0.3, 0.4) is 0 Å². The summed E-state index contributed by atoms with van der Waals surface area (Å²) in [5.74, 6) is -1.32. The van der Waals surface area contributed by atoms with Gasteiger partial charge in [0.2, 0.25) is 11.7 Å². The van der Waals surface area contributed by atoms with Crippen molar-refractivity contribution < 1.29 is 19.1 Å². The molecule has 1 unspecified atom stereocenters. The molecule has 0 aliphatic heterocycles. The number of Topliss-reactive ketones (excluding diaryl/α,β-unsaturated/α-hetero) is 1. The van der Waals surface area contributed by atoms with Crippen LogP contribution in [-0.2, 0) is 20.7 Å². The van der Waals surface area contributed by atoms with Crippen molar-refractivity contribution in [2.75, 3.05) is 0 Å². The van der Waals surface area contributed by atoms with Crippen LogP contribution >= 0.6 is 0 Å². The van der Waals surface area contributed by atoms with E-state index in [0.717, 1.165) is 5.56 Å². The second-order valence-electron chi connectivity index (χ2n) is 6.76. The minimum absolute atomic E-state index is 0.170. The van der Waals surface area contributed by atoms with Crippen molar-refractivity contribution in [2.24, 2.45) is 5.92 Å². The predicted molar refractivity (Wildman–Crippen MR) is 103 cm³/mol. The number of ketones is 1. The van der Waals surface area contributed by atoms with Crippen LogP contribution in [0.2, 0.25) is 0 Å². The van der Waals surface area contributed by atoms with Crippen molar-refractivity contribution in [2.45, 2.75) is 39.3 Å². The van der Waals surface area contributed by atoms with Gasteiger partial charge in [-0.2, -0.15) is 0 Å². The molecule has 2 aromatic rings. The summed E-state index contributed by atoms with van der Waals surface area (Å²) in [6, 6.07) is 17.1. The van der Waals surface area contributed by atoms with Crippen LogP contribution in [0.4, 0.5) is 0 Å². The van der Waals surface area contributed by atoms with Gasteiger partial charge in [-0.15, -0.1) is 0 Å². The van der Waals surface area contributed by atoms with Crippen LogP contribution in [0.25, 0.3) is 0 Å². The van der Waals surface area contributed by atoms with E-state index in [0.29, 0.717) is 5.56 Å². The Hall–Kier alpha value is -2.95. The van der Waals surface area contributed by atoms with Crippen LogP contribution in [0.1, 0.15) is 36.7 Å². The first-order valence-electron chi connectivity index (χ1n) is 9.01. The summed E-state index contributed by atoms with van der Waals surface area (Å²) < 4.78 is 5.34. The maximum Gasteiger partial charge on any atom is 0.329 e. The molecular formula is C22H25NO4. The molecule has 0 fully saturated rings. The molecule has 27 heavy (non-hydrogen) atoms. The van der Waals surface area contributed by atoms with E-state index in [9.17, 15) is 14.4 Å². The third-order valence-electron chi connectivity index (χ3n) is 4.17. The van der Waals surface area contributed by atoms with Gasteiger partial charge in [0.05, 0.1) is 6.42 Å². The Bertz CT molecular complexity index is 771. The Morgan fingerprint density at radius 1 is 0.889 bits per heavy atom. The summed E-state index contributed by atoms with van der Waals surface area (Å²) in [7, 11) is 0. The third kappa shape index (κ3) is 6.06. The van der Waals surface area contributed by atoms with E-state index < -0.39 is 18.1 Å². The molecule has 2 rings (SSSR count). The van der Waals surface area contributed by atoms with Crippen molar-refractivity contribution in [3.8, 4) is 0 Å². The van der Waals surface area contributed by atoms with E-state index >= 15 is 0 Å². The molecule has 0 aliphatic carbocycles. The summed E-state index contributed by atoms with van der Waals surface area (Å²) in [6.07, 6.45) is -0.747. The molecule has 1 amide bonds. The second-order valence-corrected chi connectivity index (χ2v) is 6.76. The highest BCUT2D eigenvalue weighted by Crippen LogP contribution is 2.11. The quantitative estimate of drug-likeness (QED) is 0.574. The molecule has 0 heterocycles. The van der Waals surface area contributed by atoms with Crippen LogP contribution in [0, 0.1) is 5.92 Å². The normalized spacial score (nSPS) is 12.9. The third-order valence-corrected chi connectivity index (χ3v) is 4.17. The van der Waals surface area contributed by atoms with Gasteiger partial charge < -0.3 is 10.1 Å². The maximum absolute atomic E-state index is 12.5. The highest BCUT2D eigenvalue weighted by Gasteiger charge is 2.29. The van der Waals surface area contributed by atoms with Gasteiger partial charge in [-0.25, -0.2) is 4.79 Å². The fourth-order valence-electron chi connectivity index (χ4n) is 2.64. The molecule has 1 N–H and O–H groups in total. The summed E-state index contributed by atoms with van der Waals surface area (Å²) >= 11 is 0. The number of ether oxygens (including phenoxy) is 1. The number of carbonyl (C=O) groups is 3. The van der Waals surface area contributed by atoms with Crippen LogP contribution in [-0.4, -0.2) is 29.8 Å². The van der Waals surface area contributed by atoms with Gasteiger partial charge >= 0.3 is 5.97 Å². The van der Waals surface area contributed by atoms with Gasteiger partial charge in [0.15, 0.2) is 6.10 Å². The summed E-state index contributed by atoms with van der Waals surface area (Å²) in [5.41, 5.74) is 1.34. The Balaban J connectivity index is 1.97. The average molecular weight is 367 g/mol. The topological polar surface area (TPSA) is 72.5 Å². The summed E-state index contributed by atoms with van der Waals surface area (Å²) in [4.78, 5) is 37.2. The molecular weight excluding hydrogens is 342 g/mol. The van der Waals surface area contributed by atoms with Crippen LogP contribution < -0.4 is 5.32 Å². The predicted octanol–water partition coefficient (Wildman–Crippen LogP) is 3.18. The summed E-state index contributed by atoms with van der Waals surface area (Å²) in [5, 5.41) is 2.72. The molecule has 0 aliphatic rings. The monoisotopic (exact) mass is 367 g/mol. The SMILES string of the molecule is CC(OC(=O)[C@@H](NC(=O)Cc1ccccc1)C(C)C)C(=O)c1ccccc1. The van der Waals surface area contributed by atoms with Crippen molar-refractivity contribution >= 4 is 17.7 Å². The first kappa shape index (κ1) is 20.4. The lowest BCUT2D eigenvalue weighted by atomic mass is 10.0. The standard InChI is InChI=1S/C22H25NO4/c1-15(2)20(23-19(24)14-17-10-6-4-7-11-17)22(26)27-16(3)21(25)18-12-8-5-9-13-18/h4-13,15-16,20H,14H2,1-3H3,(H,23,24)/t16?,20-/m0/s1. The molecule has 0 aromatic heterocycles. The van der Waals surface area contributed by atoms with Crippen molar-refractivity contribution in [1.82, 2.24) is 5.32 Å². The lowest BCUT2D eigenvalue weighted by Gasteiger charge is -2.23. The van der Waals surface area contributed by atoms with Crippen molar-refractivity contribution in [3.63, 3.8) is 0 Å². The zero-order chi connectivity index (χ0) is 19.8. The number of esters is 1. The van der Waals surface area contributed by atoms with Gasteiger partial charge in [-0.1, -0.05) is 74.5 Å². The van der Waals surface area contributed by atoms with E-state index in [1.807, 2.05) is 50.2 Å². The number of benzene rings is 2. The molecule has 0 spiro atoms. The van der Waals surface area contributed by atoms with Gasteiger partial charge in [0.1, 0.15) is 6.04 Å². The van der Waals surface area contributed by atoms with E-state index in [2.05, 4.69) is 5.32 Å². The Morgan fingerprint density at radius 2 is 1.44 bits per heavy atom. The number of rotatable bonds is 8. The lowest BCUT2D eigenvalue weighted by Crippen LogP contribution is -2.47. The molecule has 5 nitrogen and oxygen atoms in total. The lowest BCUT2D eigenvalue weighted by molar-refractivity contribution is -0.151. The van der Waals surface area contributed by atoms with Gasteiger partial charge in [-0.3, -0.25) is 9.59 Å². The fraction of sp³-hybridized carbons (Fsp3) is 0.318. The second kappa shape index (κ2) is 9.67. The Morgan fingerprint density at radius 3 is 2.00 bits per heavy atom. The first-order chi connectivity index (χ1) is 12.9. The minimum atomic E-state index is -0.924. The number of nitrogens with one attached hydrogen (secondary N) is 1. The Labute approximate surface area is 159 Å². The minimum Gasteiger partial charge on any atom is -0.453 e. The van der Waals surface area contributed by atoms with E-state index in [1.165, 1.54) is 6.92 Å². The first-order valence-corrected chi connectivity index (χ1v) is 9.01. The molecule has 142 valence electrons. The molecule has 2 aromatic carbocycles. The van der Waals surface area contributed by atoms with Gasteiger partial charge in [-0.05, 0) is 18.4 Å². The molecule has 5 heteroatoms. The highest BCUT2D eigenvalue weighted by molar-refractivity contribution is 6.00. The molecule has 0 saturated carbocycles. The zero-order valence-electron chi connectivity index (χ0n) is 15.8. The number of hydrogen-bond donors (Lipinski definition) is 1. The number of carbonyl (C=O) groups excluding carboxylic acids is 3. The average Bonchev–Trinajstić information content (AvgIpc) is 2.66. The molecule has 0 bridgehead atoms. The fourth-order valence-corrected chi connectivity index (χ4v) is 2.64. The van der Waals surface area contributed by atoms with E-state index in [1.54, 1.807) is 24.3 Å². The van der Waals surface area contributed by atoms with Crippen LogP contribution in [0.5, 0.6) is 0 Å². The van der Waals surface area contributed by atoms with Gasteiger partial charge in [0.25, 0.3) is 0 Å². The van der Waals surface area contributed by atoms with Crippen molar-refractivity contribution in [3.05, 3.63) is 71.8 Å².